The third kappa shape index (κ3) is 12.1. The van der Waals surface area contributed by atoms with Crippen LogP contribution in [0.1, 0.15) is 16.7 Å². The number of hydrogen-bond donors (Lipinski definition) is 0. The van der Waals surface area contributed by atoms with E-state index >= 15 is 0 Å². The molecule has 0 saturated heterocycles. The van der Waals surface area contributed by atoms with Crippen molar-refractivity contribution in [2.75, 3.05) is 0 Å². The summed E-state index contributed by atoms with van der Waals surface area (Å²) in [5.74, 6) is 4.39. The van der Waals surface area contributed by atoms with Crippen LogP contribution in [0.25, 0.3) is 191 Å². The minimum absolute atomic E-state index is 0.370. The molecule has 0 aliphatic heterocycles. The number of benzene rings is 14. The molecule has 14 aromatic carbocycles. The Balaban J connectivity index is 0.854. The maximum absolute atomic E-state index is 10.3. The Morgan fingerprint density at radius 3 is 0.800 bits per heavy atom. The van der Waals surface area contributed by atoms with Gasteiger partial charge in [-0.15, -0.1) is 0 Å². The van der Waals surface area contributed by atoms with Gasteiger partial charge in [0.2, 0.25) is 0 Å². The SMILES string of the molecule is N#Cc1cccc(-c2cccc(-c3nc(-c4ccc(-c5cccc(C#N)c5)cc4-n4c5ccccc5c5cc(-c6nc(-c7ccccc7)nc(-c7ccccc7)n6)ccc54)nc(-c4ccc(-c5cccc(C#N)c5)cc4-n4c5ccccc5c5cc(-c6nc(-c7ccccc7)nc(-c7ccccc7)n6)ccc54)n3)c2)c1. The maximum atomic E-state index is 10.3. The summed E-state index contributed by atoms with van der Waals surface area (Å²) in [6, 6.07) is 120. The van der Waals surface area contributed by atoms with Gasteiger partial charge in [0.1, 0.15) is 0 Å². The molecular formula is C96H56N14. The number of nitriles is 3. The van der Waals surface area contributed by atoms with E-state index in [1.54, 1.807) is 6.07 Å². The van der Waals surface area contributed by atoms with E-state index in [0.29, 0.717) is 85.8 Å². The van der Waals surface area contributed by atoms with Crippen LogP contribution in [-0.2, 0) is 0 Å². The van der Waals surface area contributed by atoms with Crippen LogP contribution in [-0.4, -0.2) is 54.0 Å². The third-order valence-electron chi connectivity index (χ3n) is 20.0. The van der Waals surface area contributed by atoms with E-state index < -0.39 is 0 Å². The molecule has 19 aromatic rings. The summed E-state index contributed by atoms with van der Waals surface area (Å²) >= 11 is 0. The van der Waals surface area contributed by atoms with Crippen molar-refractivity contribution in [3.8, 4) is 165 Å². The van der Waals surface area contributed by atoms with Gasteiger partial charge in [-0.3, -0.25) is 0 Å². The zero-order chi connectivity index (χ0) is 73.6. The first kappa shape index (κ1) is 65.0. The van der Waals surface area contributed by atoms with Gasteiger partial charge in [0.15, 0.2) is 52.4 Å². The van der Waals surface area contributed by atoms with Crippen molar-refractivity contribution < 1.29 is 0 Å². The van der Waals surface area contributed by atoms with Crippen LogP contribution in [0, 0.1) is 34.0 Å². The maximum Gasteiger partial charge on any atom is 0.166 e. The molecule has 0 radical (unpaired) electrons. The van der Waals surface area contributed by atoms with E-state index in [1.807, 2.05) is 206 Å². The zero-order valence-electron chi connectivity index (χ0n) is 58.6. The van der Waals surface area contributed by atoms with Crippen molar-refractivity contribution in [1.29, 1.82) is 15.8 Å². The monoisotopic (exact) mass is 1400 g/mol. The van der Waals surface area contributed by atoms with Gasteiger partial charge < -0.3 is 9.13 Å². The summed E-state index contributed by atoms with van der Waals surface area (Å²) in [6.07, 6.45) is 0. The van der Waals surface area contributed by atoms with E-state index in [1.165, 1.54) is 0 Å². The number of rotatable bonds is 14. The van der Waals surface area contributed by atoms with Crippen molar-refractivity contribution in [2.24, 2.45) is 0 Å². The van der Waals surface area contributed by atoms with Gasteiger partial charge in [-0.1, -0.05) is 224 Å². The van der Waals surface area contributed by atoms with Gasteiger partial charge in [0, 0.05) is 71.6 Å². The summed E-state index contributed by atoms with van der Waals surface area (Å²) in [4.78, 5) is 47.7. The fraction of sp³-hybridized carbons (Fsp3) is 0. The summed E-state index contributed by atoms with van der Waals surface area (Å²) in [5.41, 5.74) is 18.9. The summed E-state index contributed by atoms with van der Waals surface area (Å²) in [7, 11) is 0. The summed E-state index contributed by atoms with van der Waals surface area (Å²) in [5, 5.41) is 34.6. The molecule has 0 atom stereocenters. The van der Waals surface area contributed by atoms with Crippen LogP contribution >= 0.6 is 0 Å². The highest BCUT2D eigenvalue weighted by molar-refractivity contribution is 6.12. The van der Waals surface area contributed by atoms with E-state index in [0.717, 1.165) is 122 Å². The average molecular weight is 1410 g/mol. The summed E-state index contributed by atoms with van der Waals surface area (Å²) < 4.78 is 4.55. The smallest absolute Gasteiger partial charge is 0.166 e. The number of fused-ring (bicyclic) bond motifs is 6. The first-order valence-corrected chi connectivity index (χ1v) is 35.8. The second-order valence-corrected chi connectivity index (χ2v) is 26.7. The lowest BCUT2D eigenvalue weighted by atomic mass is 9.99. The second-order valence-electron chi connectivity index (χ2n) is 26.7. The molecule has 5 aromatic heterocycles. The molecule has 14 heteroatoms. The van der Waals surface area contributed by atoms with Gasteiger partial charge in [-0.25, -0.2) is 44.9 Å². The van der Waals surface area contributed by atoms with Crippen molar-refractivity contribution in [3.05, 3.63) is 356 Å². The van der Waals surface area contributed by atoms with E-state index in [4.69, 9.17) is 44.9 Å². The molecule has 0 fully saturated rings. The van der Waals surface area contributed by atoms with Gasteiger partial charge in [-0.05, 0) is 149 Å². The second kappa shape index (κ2) is 27.7. The fourth-order valence-electron chi connectivity index (χ4n) is 14.7. The lowest BCUT2D eigenvalue weighted by molar-refractivity contribution is 1.06. The highest BCUT2D eigenvalue weighted by atomic mass is 15.1. The van der Waals surface area contributed by atoms with Gasteiger partial charge in [0.25, 0.3) is 0 Å². The van der Waals surface area contributed by atoms with Crippen LogP contribution in [0.3, 0.4) is 0 Å². The molecular weight excluding hydrogens is 1350 g/mol. The minimum Gasteiger partial charge on any atom is -0.308 e. The Morgan fingerprint density at radius 2 is 0.436 bits per heavy atom. The molecule has 0 amide bonds. The molecule has 110 heavy (non-hydrogen) atoms. The summed E-state index contributed by atoms with van der Waals surface area (Å²) in [6.45, 7) is 0. The standard InChI is InChI=1S/C96H56N14/c97-57-60-21-17-32-67(49-60)70-35-20-36-73(52-70)92-106-95(78-45-41-71(68-33-18-22-61(50-68)58-98)55-86(78)109-82-39-15-13-37-76(82)80-53-74(43-47-84(80)109)93-102-88(63-24-5-1-6-25-63)100-89(103-93)64-26-7-2-8-27-64)108-96(107-92)79-46-42-72(69-34-19-23-62(51-69)59-99)56-87(79)110-83-40-16-14-38-77(83)81-54-75(44-48-85(81)110)94-104-90(65-28-9-3-10-29-65)101-91(105-94)66-30-11-4-12-31-66/h1-56H. The normalized spacial score (nSPS) is 11.2. The van der Waals surface area contributed by atoms with Crippen LogP contribution in [0.15, 0.2) is 340 Å². The van der Waals surface area contributed by atoms with E-state index in [2.05, 4.69) is 155 Å². The van der Waals surface area contributed by atoms with Gasteiger partial charge in [0.05, 0.1) is 68.3 Å². The average Bonchev–Trinajstić information content (AvgIpc) is 1.56. The highest BCUT2D eigenvalue weighted by Crippen LogP contribution is 2.44. The largest absolute Gasteiger partial charge is 0.308 e. The molecule has 19 rings (SSSR count). The van der Waals surface area contributed by atoms with E-state index in [9.17, 15) is 15.8 Å². The minimum atomic E-state index is 0.370. The van der Waals surface area contributed by atoms with Crippen LogP contribution < -0.4 is 0 Å². The predicted octanol–water partition coefficient (Wildman–Crippen LogP) is 22.1. The predicted molar refractivity (Wildman–Crippen MR) is 435 cm³/mol. The van der Waals surface area contributed by atoms with E-state index in [-0.39, 0.29) is 0 Å². The van der Waals surface area contributed by atoms with Crippen molar-refractivity contribution in [1.82, 2.24) is 54.0 Å². The molecule has 0 spiro atoms. The molecule has 0 N–H and O–H groups in total. The highest BCUT2D eigenvalue weighted by Gasteiger charge is 2.26. The van der Waals surface area contributed by atoms with Crippen molar-refractivity contribution >= 4 is 43.6 Å². The Labute approximate surface area is 631 Å². The van der Waals surface area contributed by atoms with Crippen LogP contribution in [0.4, 0.5) is 0 Å². The molecule has 5 heterocycles. The Bertz CT molecular complexity index is 6530. The third-order valence-corrected chi connectivity index (χ3v) is 20.0. The van der Waals surface area contributed by atoms with Crippen LogP contribution in [0.2, 0.25) is 0 Å². The number of para-hydroxylation sites is 2. The fourth-order valence-corrected chi connectivity index (χ4v) is 14.7. The number of hydrogen-bond acceptors (Lipinski definition) is 12. The first-order valence-electron chi connectivity index (χ1n) is 35.8. The number of aromatic nitrogens is 11. The molecule has 0 unspecified atom stereocenters. The Hall–Kier alpha value is -15.8. The zero-order valence-corrected chi connectivity index (χ0v) is 58.6. The Kier molecular flexibility index (Phi) is 16.3. The molecule has 0 bridgehead atoms. The molecule has 510 valence electrons. The lowest BCUT2D eigenvalue weighted by Gasteiger charge is -2.18. The van der Waals surface area contributed by atoms with Crippen LogP contribution in [0.5, 0.6) is 0 Å². The van der Waals surface area contributed by atoms with Gasteiger partial charge >= 0.3 is 0 Å². The quantitative estimate of drug-likeness (QED) is 0.1000. The van der Waals surface area contributed by atoms with Crippen molar-refractivity contribution in [2.45, 2.75) is 0 Å². The molecule has 0 aliphatic carbocycles. The Morgan fingerprint density at radius 1 is 0.182 bits per heavy atom. The van der Waals surface area contributed by atoms with Gasteiger partial charge in [-0.2, -0.15) is 15.8 Å². The molecule has 14 nitrogen and oxygen atoms in total. The van der Waals surface area contributed by atoms with Crippen molar-refractivity contribution in [3.63, 3.8) is 0 Å². The number of nitrogens with zero attached hydrogens (tertiary/aromatic N) is 14. The molecule has 0 aliphatic rings. The lowest BCUT2D eigenvalue weighted by Crippen LogP contribution is -2.06. The first-order chi connectivity index (χ1) is 54.3. The topological polar surface area (TPSA) is 197 Å². The molecule has 0 saturated carbocycles.